The lowest BCUT2D eigenvalue weighted by Crippen LogP contribution is -2.30. The van der Waals surface area contributed by atoms with E-state index >= 15 is 0 Å². The number of hydrogen-bond acceptors (Lipinski definition) is 5. The number of amides is 1. The second kappa shape index (κ2) is 3.82. The predicted molar refractivity (Wildman–Crippen MR) is 50.8 cm³/mol. The van der Waals surface area contributed by atoms with E-state index in [0.29, 0.717) is 5.01 Å². The molecule has 0 spiro atoms. The smallest absolute Gasteiger partial charge is 0.425 e. The van der Waals surface area contributed by atoms with E-state index in [1.165, 1.54) is 7.05 Å². The maximum absolute atomic E-state index is 10.4. The van der Waals surface area contributed by atoms with Crippen molar-refractivity contribution < 1.29 is 25.2 Å². The van der Waals surface area contributed by atoms with Crippen LogP contribution in [0.25, 0.3) is 0 Å². The van der Waals surface area contributed by atoms with E-state index in [4.69, 9.17) is 15.3 Å². The Balaban J connectivity index is 2.95. The minimum Gasteiger partial charge on any atom is -0.506 e. The Labute approximate surface area is 84.8 Å². The molecule has 1 amide bonds. The fraction of sp³-hybridized carbons (Fsp3) is 0.125. The SMILES string of the molecule is CN(Nc1cc(O)c(O)cc1O)C(=O)O. The van der Waals surface area contributed by atoms with E-state index in [1.807, 2.05) is 0 Å². The molecule has 0 saturated carbocycles. The van der Waals surface area contributed by atoms with Gasteiger partial charge in [-0.15, -0.1) is 0 Å². The zero-order valence-electron chi connectivity index (χ0n) is 7.80. The number of hydrazine groups is 1. The number of carbonyl (C=O) groups is 1. The van der Waals surface area contributed by atoms with Gasteiger partial charge in [0, 0.05) is 19.2 Å². The fourth-order valence-electron chi connectivity index (χ4n) is 0.884. The third-order valence-electron chi connectivity index (χ3n) is 1.67. The molecule has 15 heavy (non-hydrogen) atoms. The molecule has 7 nitrogen and oxygen atoms in total. The first-order valence-corrected chi connectivity index (χ1v) is 3.90. The second-order valence-electron chi connectivity index (χ2n) is 2.81. The van der Waals surface area contributed by atoms with E-state index in [9.17, 15) is 9.90 Å². The maximum Gasteiger partial charge on any atom is 0.425 e. The van der Waals surface area contributed by atoms with Crippen LogP contribution in [-0.4, -0.2) is 38.6 Å². The van der Waals surface area contributed by atoms with Gasteiger partial charge in [0.15, 0.2) is 11.5 Å². The van der Waals surface area contributed by atoms with Gasteiger partial charge in [-0.3, -0.25) is 5.43 Å². The Morgan fingerprint density at radius 3 is 2.27 bits per heavy atom. The Bertz CT molecular complexity index is 393. The maximum atomic E-state index is 10.4. The third-order valence-corrected chi connectivity index (χ3v) is 1.67. The van der Waals surface area contributed by atoms with Crippen molar-refractivity contribution in [3.63, 3.8) is 0 Å². The summed E-state index contributed by atoms with van der Waals surface area (Å²) in [6.45, 7) is 0. The number of hydrogen-bond donors (Lipinski definition) is 5. The van der Waals surface area contributed by atoms with E-state index in [1.54, 1.807) is 0 Å². The molecule has 0 aliphatic heterocycles. The number of phenols is 3. The van der Waals surface area contributed by atoms with Crippen molar-refractivity contribution in [1.82, 2.24) is 5.01 Å². The summed E-state index contributed by atoms with van der Waals surface area (Å²) in [5.74, 6) is -1.33. The van der Waals surface area contributed by atoms with Crippen molar-refractivity contribution >= 4 is 11.8 Å². The molecule has 1 aromatic rings. The molecule has 5 N–H and O–H groups in total. The molecule has 0 fully saturated rings. The van der Waals surface area contributed by atoms with Gasteiger partial charge in [0.25, 0.3) is 0 Å². The Hall–Kier alpha value is -2.31. The van der Waals surface area contributed by atoms with Gasteiger partial charge >= 0.3 is 6.09 Å². The first-order valence-electron chi connectivity index (χ1n) is 3.90. The van der Waals surface area contributed by atoms with Gasteiger partial charge in [-0.1, -0.05) is 0 Å². The monoisotopic (exact) mass is 214 g/mol. The third kappa shape index (κ3) is 2.33. The van der Waals surface area contributed by atoms with E-state index in [2.05, 4.69) is 5.43 Å². The van der Waals surface area contributed by atoms with Crippen molar-refractivity contribution in [1.29, 1.82) is 0 Å². The average Bonchev–Trinajstić information content (AvgIpc) is 2.13. The summed E-state index contributed by atoms with van der Waals surface area (Å²) in [6, 6.07) is 1.90. The van der Waals surface area contributed by atoms with Gasteiger partial charge in [-0.05, 0) is 0 Å². The standard InChI is InChI=1S/C8H10N2O5/c1-10(8(14)15)9-4-2-6(12)7(13)3-5(4)11/h2-3,9,11-13H,1H3,(H,14,15). The largest absolute Gasteiger partial charge is 0.506 e. The van der Waals surface area contributed by atoms with Crippen LogP contribution in [0.15, 0.2) is 12.1 Å². The second-order valence-corrected chi connectivity index (χ2v) is 2.81. The molecule has 0 aliphatic rings. The lowest BCUT2D eigenvalue weighted by atomic mass is 10.2. The van der Waals surface area contributed by atoms with Gasteiger partial charge < -0.3 is 20.4 Å². The van der Waals surface area contributed by atoms with Gasteiger partial charge in [0.1, 0.15) is 11.4 Å². The zero-order valence-corrected chi connectivity index (χ0v) is 7.80. The molecule has 0 unspecified atom stereocenters. The number of nitrogens with one attached hydrogen (secondary N) is 1. The Kier molecular flexibility index (Phi) is 2.75. The highest BCUT2D eigenvalue weighted by molar-refractivity contribution is 5.70. The highest BCUT2D eigenvalue weighted by Crippen LogP contribution is 2.35. The van der Waals surface area contributed by atoms with E-state index < -0.39 is 17.6 Å². The molecule has 0 radical (unpaired) electrons. The van der Waals surface area contributed by atoms with Crippen LogP contribution in [0.4, 0.5) is 10.5 Å². The summed E-state index contributed by atoms with van der Waals surface area (Å²) in [5.41, 5.74) is 2.26. The number of anilines is 1. The lowest BCUT2D eigenvalue weighted by molar-refractivity contribution is 0.164. The normalized spacial score (nSPS) is 9.67. The van der Waals surface area contributed by atoms with Crippen LogP contribution >= 0.6 is 0 Å². The first-order chi connectivity index (χ1) is 6.91. The van der Waals surface area contributed by atoms with Crippen LogP contribution in [0.5, 0.6) is 17.2 Å². The van der Waals surface area contributed by atoms with Crippen molar-refractivity contribution in [3.8, 4) is 17.2 Å². The number of benzene rings is 1. The summed E-state index contributed by atoms with van der Waals surface area (Å²) in [7, 11) is 1.21. The molecular weight excluding hydrogens is 204 g/mol. The number of aromatic hydroxyl groups is 3. The van der Waals surface area contributed by atoms with Crippen molar-refractivity contribution in [2.24, 2.45) is 0 Å². The van der Waals surface area contributed by atoms with E-state index in [-0.39, 0.29) is 11.4 Å². The summed E-state index contributed by atoms with van der Waals surface area (Å²) in [4.78, 5) is 10.4. The van der Waals surface area contributed by atoms with Crippen molar-refractivity contribution in [2.75, 3.05) is 12.5 Å². The molecular formula is C8H10N2O5. The minimum atomic E-state index is -1.26. The van der Waals surface area contributed by atoms with Crippen LogP contribution in [0.1, 0.15) is 0 Å². The topological polar surface area (TPSA) is 113 Å². The highest BCUT2D eigenvalue weighted by Gasteiger charge is 2.11. The number of rotatable bonds is 2. The lowest BCUT2D eigenvalue weighted by Gasteiger charge is -2.16. The van der Waals surface area contributed by atoms with Gasteiger partial charge in [0.2, 0.25) is 0 Å². The van der Waals surface area contributed by atoms with Gasteiger partial charge in [0.05, 0.1) is 0 Å². The summed E-state index contributed by atoms with van der Waals surface area (Å²) in [6.07, 6.45) is -1.26. The zero-order chi connectivity index (χ0) is 11.6. The molecule has 1 rings (SSSR count). The molecule has 1 aromatic carbocycles. The van der Waals surface area contributed by atoms with Gasteiger partial charge in [-0.2, -0.15) is 0 Å². The van der Waals surface area contributed by atoms with Crippen LogP contribution in [0, 0.1) is 0 Å². The highest BCUT2D eigenvalue weighted by atomic mass is 16.4. The first kappa shape index (κ1) is 10.8. The molecule has 7 heteroatoms. The quantitative estimate of drug-likeness (QED) is 0.282. The van der Waals surface area contributed by atoms with Crippen molar-refractivity contribution in [3.05, 3.63) is 12.1 Å². The predicted octanol–water partition coefficient (Wildman–Crippen LogP) is 0.740. The van der Waals surface area contributed by atoms with Crippen LogP contribution in [0.2, 0.25) is 0 Å². The summed E-state index contributed by atoms with van der Waals surface area (Å²) < 4.78 is 0. The van der Waals surface area contributed by atoms with Crippen molar-refractivity contribution in [2.45, 2.75) is 0 Å². The van der Waals surface area contributed by atoms with Crippen LogP contribution in [-0.2, 0) is 0 Å². The Morgan fingerprint density at radius 2 is 1.73 bits per heavy atom. The molecule has 0 aromatic heterocycles. The average molecular weight is 214 g/mol. The van der Waals surface area contributed by atoms with E-state index in [0.717, 1.165) is 12.1 Å². The molecule has 82 valence electrons. The molecule has 0 saturated heterocycles. The summed E-state index contributed by atoms with van der Waals surface area (Å²) >= 11 is 0. The molecule has 0 atom stereocenters. The molecule has 0 aliphatic carbocycles. The molecule has 0 heterocycles. The van der Waals surface area contributed by atoms with Gasteiger partial charge in [-0.25, -0.2) is 9.80 Å². The fourth-order valence-corrected chi connectivity index (χ4v) is 0.884. The number of phenolic OH excluding ortho intramolecular Hbond substituents is 3. The number of carboxylic acid groups (broad SMARTS) is 1. The van der Waals surface area contributed by atoms with Crippen LogP contribution < -0.4 is 5.43 Å². The molecule has 0 bridgehead atoms. The number of nitrogens with zero attached hydrogens (tertiary/aromatic N) is 1. The summed E-state index contributed by atoms with van der Waals surface area (Å²) in [5, 5.41) is 36.6. The Morgan fingerprint density at radius 1 is 1.20 bits per heavy atom. The van der Waals surface area contributed by atoms with Crippen LogP contribution in [0.3, 0.4) is 0 Å². The minimum absolute atomic E-state index is 0.0322.